The van der Waals surface area contributed by atoms with Crippen LogP contribution in [0, 0.1) is 11.7 Å². The van der Waals surface area contributed by atoms with Gasteiger partial charge in [0.2, 0.25) is 5.91 Å². The fourth-order valence-electron chi connectivity index (χ4n) is 4.01. The third-order valence-electron chi connectivity index (χ3n) is 5.62. The summed E-state index contributed by atoms with van der Waals surface area (Å²) in [5.74, 6) is 1.30. The van der Waals surface area contributed by atoms with E-state index in [2.05, 4.69) is 10.2 Å². The largest absolute Gasteiger partial charge is 0.486 e. The standard InChI is InChI=1S/C23H27FN2O3/c1-16(18-6-9-21-22(13-18)29-12-11-28-21)25-23(27)19-3-2-10-26(15-19)14-17-4-7-20(24)8-5-17/h4-9,13,16,19H,2-3,10-12,14-15H2,1H3,(H,25,27)/t16-,19+/m1/s1. The Hall–Kier alpha value is -2.60. The van der Waals surface area contributed by atoms with E-state index < -0.39 is 0 Å². The van der Waals surface area contributed by atoms with Crippen LogP contribution in [0.15, 0.2) is 42.5 Å². The molecule has 4 rings (SSSR count). The minimum absolute atomic E-state index is 0.0381. The zero-order valence-corrected chi connectivity index (χ0v) is 16.7. The average molecular weight is 398 g/mol. The number of amides is 1. The summed E-state index contributed by atoms with van der Waals surface area (Å²) in [5.41, 5.74) is 2.07. The van der Waals surface area contributed by atoms with Gasteiger partial charge in [-0.15, -0.1) is 0 Å². The molecule has 2 aliphatic heterocycles. The maximum atomic E-state index is 13.1. The number of nitrogens with zero attached hydrogens (tertiary/aromatic N) is 1. The molecule has 2 aliphatic rings. The highest BCUT2D eigenvalue weighted by molar-refractivity contribution is 5.79. The van der Waals surface area contributed by atoms with Crippen LogP contribution in [-0.4, -0.2) is 37.1 Å². The number of halogens is 1. The molecule has 1 saturated heterocycles. The molecule has 0 spiro atoms. The van der Waals surface area contributed by atoms with Crippen LogP contribution >= 0.6 is 0 Å². The van der Waals surface area contributed by atoms with Gasteiger partial charge in [-0.2, -0.15) is 0 Å². The first-order valence-corrected chi connectivity index (χ1v) is 10.3. The fraction of sp³-hybridized carbons (Fsp3) is 0.435. The van der Waals surface area contributed by atoms with Crippen LogP contribution in [0.5, 0.6) is 11.5 Å². The molecule has 2 heterocycles. The van der Waals surface area contributed by atoms with Crippen LogP contribution in [0.3, 0.4) is 0 Å². The molecule has 29 heavy (non-hydrogen) atoms. The Morgan fingerprint density at radius 2 is 1.93 bits per heavy atom. The highest BCUT2D eigenvalue weighted by Crippen LogP contribution is 2.32. The van der Waals surface area contributed by atoms with Gasteiger partial charge in [-0.3, -0.25) is 9.69 Å². The van der Waals surface area contributed by atoms with Crippen molar-refractivity contribution in [3.63, 3.8) is 0 Å². The van der Waals surface area contributed by atoms with E-state index >= 15 is 0 Å². The first-order chi connectivity index (χ1) is 14.1. The number of ether oxygens (including phenoxy) is 2. The number of hydrogen-bond acceptors (Lipinski definition) is 4. The molecule has 2 atom stereocenters. The number of rotatable bonds is 5. The average Bonchev–Trinajstić information content (AvgIpc) is 2.75. The number of benzene rings is 2. The van der Waals surface area contributed by atoms with Gasteiger partial charge in [-0.25, -0.2) is 4.39 Å². The Morgan fingerprint density at radius 3 is 2.72 bits per heavy atom. The number of hydrogen-bond donors (Lipinski definition) is 1. The number of nitrogens with one attached hydrogen (secondary N) is 1. The highest BCUT2D eigenvalue weighted by atomic mass is 19.1. The predicted octanol–water partition coefficient (Wildman–Crippen LogP) is 3.69. The molecule has 0 aromatic heterocycles. The quantitative estimate of drug-likeness (QED) is 0.835. The van der Waals surface area contributed by atoms with Crippen molar-refractivity contribution in [3.05, 3.63) is 59.4 Å². The number of piperidine rings is 1. The van der Waals surface area contributed by atoms with Crippen molar-refractivity contribution in [2.24, 2.45) is 5.92 Å². The Morgan fingerprint density at radius 1 is 1.17 bits per heavy atom. The summed E-state index contributed by atoms with van der Waals surface area (Å²) in [6.45, 7) is 5.51. The van der Waals surface area contributed by atoms with Gasteiger partial charge in [0, 0.05) is 13.1 Å². The molecule has 1 fully saturated rings. The molecule has 1 N–H and O–H groups in total. The molecule has 5 nitrogen and oxygen atoms in total. The van der Waals surface area contributed by atoms with E-state index in [1.165, 1.54) is 12.1 Å². The fourth-order valence-corrected chi connectivity index (χ4v) is 4.01. The number of carbonyl (C=O) groups is 1. The van der Waals surface area contributed by atoms with Crippen LogP contribution in [0.4, 0.5) is 4.39 Å². The van der Waals surface area contributed by atoms with E-state index in [1.54, 1.807) is 0 Å². The second-order valence-electron chi connectivity index (χ2n) is 7.83. The maximum Gasteiger partial charge on any atom is 0.224 e. The van der Waals surface area contributed by atoms with Gasteiger partial charge in [-0.1, -0.05) is 18.2 Å². The third-order valence-corrected chi connectivity index (χ3v) is 5.62. The van der Waals surface area contributed by atoms with Crippen LogP contribution in [0.25, 0.3) is 0 Å². The Labute approximate surface area is 170 Å². The Balaban J connectivity index is 1.34. The van der Waals surface area contributed by atoms with Crippen LogP contribution in [-0.2, 0) is 11.3 Å². The summed E-state index contributed by atoms with van der Waals surface area (Å²) in [5, 5.41) is 3.15. The topological polar surface area (TPSA) is 50.8 Å². The summed E-state index contributed by atoms with van der Waals surface area (Å²) in [6, 6.07) is 12.3. The smallest absolute Gasteiger partial charge is 0.224 e. The molecule has 1 amide bonds. The first kappa shape index (κ1) is 19.7. The van der Waals surface area contributed by atoms with E-state index in [9.17, 15) is 9.18 Å². The molecule has 2 aromatic rings. The molecule has 0 saturated carbocycles. The molecule has 6 heteroatoms. The van der Waals surface area contributed by atoms with E-state index in [4.69, 9.17) is 9.47 Å². The van der Waals surface area contributed by atoms with Gasteiger partial charge in [0.25, 0.3) is 0 Å². The van der Waals surface area contributed by atoms with Gasteiger partial charge in [0.1, 0.15) is 19.0 Å². The van der Waals surface area contributed by atoms with Gasteiger partial charge in [-0.05, 0) is 61.7 Å². The zero-order chi connectivity index (χ0) is 20.2. The SMILES string of the molecule is C[C@@H](NC(=O)[C@H]1CCCN(Cc2ccc(F)cc2)C1)c1ccc2c(c1)OCCO2. The summed E-state index contributed by atoms with van der Waals surface area (Å²) >= 11 is 0. The van der Waals surface area contributed by atoms with E-state index in [0.29, 0.717) is 13.2 Å². The van der Waals surface area contributed by atoms with Crippen molar-refractivity contribution in [3.8, 4) is 11.5 Å². The Kier molecular flexibility index (Phi) is 6.00. The molecule has 0 unspecified atom stereocenters. The van der Waals surface area contributed by atoms with Crippen molar-refractivity contribution in [2.75, 3.05) is 26.3 Å². The summed E-state index contributed by atoms with van der Waals surface area (Å²) < 4.78 is 24.3. The lowest BCUT2D eigenvalue weighted by Crippen LogP contribution is -2.43. The van der Waals surface area contributed by atoms with Crippen molar-refractivity contribution < 1.29 is 18.7 Å². The summed E-state index contributed by atoms with van der Waals surface area (Å²) in [7, 11) is 0. The number of likely N-dealkylation sites (tertiary alicyclic amines) is 1. The molecule has 0 bridgehead atoms. The van der Waals surface area contributed by atoms with Gasteiger partial charge in [0.15, 0.2) is 11.5 Å². The van der Waals surface area contributed by atoms with E-state index in [0.717, 1.165) is 55.1 Å². The minimum atomic E-state index is -0.224. The van der Waals surface area contributed by atoms with Crippen molar-refractivity contribution in [1.82, 2.24) is 10.2 Å². The second kappa shape index (κ2) is 8.82. The van der Waals surface area contributed by atoms with Crippen molar-refractivity contribution >= 4 is 5.91 Å². The third kappa shape index (κ3) is 4.88. The number of fused-ring (bicyclic) bond motifs is 1. The lowest BCUT2D eigenvalue weighted by atomic mass is 9.96. The molecule has 0 radical (unpaired) electrons. The van der Waals surface area contributed by atoms with Crippen LogP contribution < -0.4 is 14.8 Å². The highest BCUT2D eigenvalue weighted by Gasteiger charge is 2.27. The lowest BCUT2D eigenvalue weighted by Gasteiger charge is -2.32. The van der Waals surface area contributed by atoms with E-state index in [1.807, 2.05) is 37.3 Å². The first-order valence-electron chi connectivity index (χ1n) is 10.3. The second-order valence-corrected chi connectivity index (χ2v) is 7.83. The lowest BCUT2D eigenvalue weighted by molar-refractivity contribution is -0.127. The normalized spacial score (nSPS) is 20.1. The molecular weight excluding hydrogens is 371 g/mol. The van der Waals surface area contributed by atoms with Crippen LogP contribution in [0.2, 0.25) is 0 Å². The van der Waals surface area contributed by atoms with Gasteiger partial charge in [0.05, 0.1) is 12.0 Å². The van der Waals surface area contributed by atoms with Crippen molar-refractivity contribution in [1.29, 1.82) is 0 Å². The van der Waals surface area contributed by atoms with Gasteiger partial charge < -0.3 is 14.8 Å². The molecule has 2 aromatic carbocycles. The molecule has 154 valence electrons. The summed E-state index contributed by atoms with van der Waals surface area (Å²) in [4.78, 5) is 15.1. The minimum Gasteiger partial charge on any atom is -0.486 e. The molecular formula is C23H27FN2O3. The predicted molar refractivity (Wildman–Crippen MR) is 108 cm³/mol. The molecule has 0 aliphatic carbocycles. The maximum absolute atomic E-state index is 13.1. The summed E-state index contributed by atoms with van der Waals surface area (Å²) in [6.07, 6.45) is 1.87. The van der Waals surface area contributed by atoms with Crippen LogP contribution in [0.1, 0.15) is 36.9 Å². The monoisotopic (exact) mass is 398 g/mol. The van der Waals surface area contributed by atoms with E-state index in [-0.39, 0.29) is 23.7 Å². The van der Waals surface area contributed by atoms with Crippen molar-refractivity contribution in [2.45, 2.75) is 32.4 Å². The van der Waals surface area contributed by atoms with Gasteiger partial charge >= 0.3 is 0 Å². The Bertz CT molecular complexity index is 856. The zero-order valence-electron chi connectivity index (χ0n) is 16.7. The number of carbonyl (C=O) groups excluding carboxylic acids is 1.